The molecule has 1 N–H and O–H groups in total. The van der Waals surface area contributed by atoms with Crippen LogP contribution in [0.15, 0.2) is 0 Å². The van der Waals surface area contributed by atoms with Gasteiger partial charge in [0.05, 0.1) is 18.1 Å². The van der Waals surface area contributed by atoms with E-state index in [-0.39, 0.29) is 22.8 Å². The Bertz CT molecular complexity index is 464. The maximum absolute atomic E-state index is 13.2. The van der Waals surface area contributed by atoms with E-state index in [1.165, 1.54) is 12.8 Å². The maximum Gasteiger partial charge on any atom is 0.231 e. The van der Waals surface area contributed by atoms with E-state index in [1.807, 2.05) is 0 Å². The molecule has 0 aromatic heterocycles. The van der Waals surface area contributed by atoms with Crippen LogP contribution in [0.2, 0.25) is 0 Å². The third kappa shape index (κ3) is 3.74. The van der Waals surface area contributed by atoms with Crippen LogP contribution in [0, 0.1) is 10.8 Å². The number of rotatable bonds is 6. The van der Waals surface area contributed by atoms with Crippen LogP contribution in [0.4, 0.5) is 0 Å². The molecule has 1 spiro atoms. The molecule has 2 saturated heterocycles. The van der Waals surface area contributed by atoms with Crippen molar-refractivity contribution in [2.24, 2.45) is 10.8 Å². The topological polar surface area (TPSA) is 53.0 Å². The standard InChI is InChI=1S/C20H36N2O3/c1-3-4-11-21-13-7-17(23)20(14-21)10-6-12-22(15-20)18(24)19(16-25-2)8-5-9-19/h17,23H,3-16H2,1-2H3/t17?,20-/m1/s1. The van der Waals surface area contributed by atoms with Crippen LogP contribution in [0.1, 0.15) is 58.3 Å². The number of likely N-dealkylation sites (tertiary alicyclic amines) is 2. The first kappa shape index (κ1) is 19.1. The molecule has 2 aliphatic heterocycles. The van der Waals surface area contributed by atoms with Gasteiger partial charge in [-0.1, -0.05) is 19.8 Å². The van der Waals surface area contributed by atoms with Gasteiger partial charge in [0.25, 0.3) is 0 Å². The van der Waals surface area contributed by atoms with Crippen molar-refractivity contribution in [1.29, 1.82) is 0 Å². The van der Waals surface area contributed by atoms with Gasteiger partial charge in [0, 0.05) is 38.7 Å². The first-order chi connectivity index (χ1) is 12.1. The van der Waals surface area contributed by atoms with E-state index < -0.39 is 0 Å². The molecule has 0 aromatic carbocycles. The van der Waals surface area contributed by atoms with Crippen molar-refractivity contribution in [3.05, 3.63) is 0 Å². The second-order valence-electron chi connectivity index (χ2n) is 8.69. The highest BCUT2D eigenvalue weighted by molar-refractivity contribution is 5.84. The molecule has 1 saturated carbocycles. The van der Waals surface area contributed by atoms with Gasteiger partial charge in [-0.25, -0.2) is 0 Å². The summed E-state index contributed by atoms with van der Waals surface area (Å²) in [6.45, 7) is 7.38. The van der Waals surface area contributed by atoms with Gasteiger partial charge in [-0.3, -0.25) is 4.79 Å². The van der Waals surface area contributed by atoms with E-state index in [0.717, 1.165) is 71.2 Å². The first-order valence-corrected chi connectivity index (χ1v) is 10.2. The number of nitrogens with zero attached hydrogens (tertiary/aromatic N) is 2. The zero-order valence-electron chi connectivity index (χ0n) is 16.1. The molecule has 2 heterocycles. The minimum atomic E-state index is -0.283. The molecule has 1 aliphatic carbocycles. The molecule has 1 amide bonds. The zero-order valence-corrected chi connectivity index (χ0v) is 16.1. The number of unbranched alkanes of at least 4 members (excludes halogenated alkanes) is 1. The fourth-order valence-electron chi connectivity index (χ4n) is 5.18. The number of hydrogen-bond acceptors (Lipinski definition) is 4. The highest BCUT2D eigenvalue weighted by Gasteiger charge is 2.51. The number of aliphatic hydroxyl groups excluding tert-OH is 1. The fourth-order valence-corrected chi connectivity index (χ4v) is 5.18. The Morgan fingerprint density at radius 1 is 1.20 bits per heavy atom. The number of hydrogen-bond donors (Lipinski definition) is 1. The molecule has 25 heavy (non-hydrogen) atoms. The van der Waals surface area contributed by atoms with Gasteiger partial charge < -0.3 is 19.6 Å². The van der Waals surface area contributed by atoms with Crippen molar-refractivity contribution >= 4 is 5.91 Å². The average Bonchev–Trinajstić information content (AvgIpc) is 2.59. The van der Waals surface area contributed by atoms with Crippen LogP contribution in [0.5, 0.6) is 0 Å². The molecule has 3 rings (SSSR count). The summed E-state index contributed by atoms with van der Waals surface area (Å²) < 4.78 is 5.38. The predicted octanol–water partition coefficient (Wildman–Crippen LogP) is 2.28. The summed E-state index contributed by atoms with van der Waals surface area (Å²) in [6.07, 6.45) is 8.06. The molecule has 0 bridgehead atoms. The highest BCUT2D eigenvalue weighted by atomic mass is 16.5. The lowest BCUT2D eigenvalue weighted by Gasteiger charge is -2.53. The molecule has 144 valence electrons. The fraction of sp³-hybridized carbons (Fsp3) is 0.950. The SMILES string of the molecule is CCCCN1CCC(O)[C@]2(CCCN(C(=O)C3(COC)CCC3)C2)C1. The second-order valence-corrected chi connectivity index (χ2v) is 8.69. The molecular weight excluding hydrogens is 316 g/mol. The van der Waals surface area contributed by atoms with Crippen molar-refractivity contribution in [3.8, 4) is 0 Å². The molecule has 3 aliphatic rings. The number of piperidine rings is 2. The van der Waals surface area contributed by atoms with Crippen LogP contribution in [-0.4, -0.2) is 73.4 Å². The van der Waals surface area contributed by atoms with Crippen LogP contribution in [0.25, 0.3) is 0 Å². The number of aliphatic hydroxyl groups is 1. The summed E-state index contributed by atoms with van der Waals surface area (Å²) in [5.41, 5.74) is -0.410. The lowest BCUT2D eigenvalue weighted by Crippen LogP contribution is -2.62. The third-order valence-electron chi connectivity index (χ3n) is 6.87. The smallest absolute Gasteiger partial charge is 0.231 e. The molecule has 1 unspecified atom stereocenters. The van der Waals surface area contributed by atoms with Crippen molar-refractivity contribution in [1.82, 2.24) is 9.80 Å². The summed E-state index contributed by atoms with van der Waals surface area (Å²) in [5.74, 6) is 0.276. The van der Waals surface area contributed by atoms with Gasteiger partial charge in [-0.15, -0.1) is 0 Å². The normalized spacial score (nSPS) is 32.6. The summed E-state index contributed by atoms with van der Waals surface area (Å²) in [5, 5.41) is 10.8. The van der Waals surface area contributed by atoms with Gasteiger partial charge in [0.2, 0.25) is 5.91 Å². The monoisotopic (exact) mass is 352 g/mol. The quantitative estimate of drug-likeness (QED) is 0.797. The Labute approximate surface area is 152 Å². The molecule has 5 nitrogen and oxygen atoms in total. The van der Waals surface area contributed by atoms with Gasteiger partial charge in [0.15, 0.2) is 0 Å². The van der Waals surface area contributed by atoms with Gasteiger partial charge in [-0.2, -0.15) is 0 Å². The summed E-state index contributed by atoms with van der Waals surface area (Å²) in [6, 6.07) is 0. The van der Waals surface area contributed by atoms with Gasteiger partial charge in [-0.05, 0) is 45.1 Å². The number of amides is 1. The maximum atomic E-state index is 13.2. The third-order valence-corrected chi connectivity index (χ3v) is 6.87. The minimum absolute atomic E-state index is 0.127. The van der Waals surface area contributed by atoms with E-state index in [9.17, 15) is 9.90 Å². The number of carbonyl (C=O) groups excluding carboxylic acids is 1. The molecular formula is C20H36N2O3. The molecule has 2 atom stereocenters. The molecule has 3 fully saturated rings. The van der Waals surface area contributed by atoms with Crippen LogP contribution < -0.4 is 0 Å². The Morgan fingerprint density at radius 2 is 2.00 bits per heavy atom. The summed E-state index contributed by atoms with van der Waals surface area (Å²) in [7, 11) is 1.70. The van der Waals surface area contributed by atoms with E-state index in [0.29, 0.717) is 6.61 Å². The summed E-state index contributed by atoms with van der Waals surface area (Å²) in [4.78, 5) is 17.8. The predicted molar refractivity (Wildman–Crippen MR) is 98.4 cm³/mol. The molecule has 0 radical (unpaired) electrons. The van der Waals surface area contributed by atoms with E-state index in [1.54, 1.807) is 7.11 Å². The van der Waals surface area contributed by atoms with Crippen LogP contribution in [0.3, 0.4) is 0 Å². The minimum Gasteiger partial charge on any atom is -0.392 e. The number of methoxy groups -OCH3 is 1. The van der Waals surface area contributed by atoms with Gasteiger partial charge in [0.1, 0.15) is 0 Å². The van der Waals surface area contributed by atoms with Gasteiger partial charge >= 0.3 is 0 Å². The van der Waals surface area contributed by atoms with Crippen LogP contribution in [-0.2, 0) is 9.53 Å². The largest absolute Gasteiger partial charge is 0.392 e. The van der Waals surface area contributed by atoms with E-state index in [4.69, 9.17) is 4.74 Å². The van der Waals surface area contributed by atoms with Crippen molar-refractivity contribution in [2.75, 3.05) is 46.4 Å². The second kappa shape index (κ2) is 7.93. The Hall–Kier alpha value is -0.650. The average molecular weight is 353 g/mol. The molecule has 0 aromatic rings. The summed E-state index contributed by atoms with van der Waals surface area (Å²) >= 11 is 0. The Balaban J connectivity index is 1.69. The Morgan fingerprint density at radius 3 is 2.64 bits per heavy atom. The van der Waals surface area contributed by atoms with Crippen molar-refractivity contribution in [3.63, 3.8) is 0 Å². The van der Waals surface area contributed by atoms with Crippen molar-refractivity contribution < 1.29 is 14.6 Å². The van der Waals surface area contributed by atoms with E-state index in [2.05, 4.69) is 16.7 Å². The zero-order chi connectivity index (χ0) is 17.9. The Kier molecular flexibility index (Phi) is 6.07. The van der Waals surface area contributed by atoms with Crippen molar-refractivity contribution in [2.45, 2.75) is 64.4 Å². The van der Waals surface area contributed by atoms with E-state index >= 15 is 0 Å². The molecule has 5 heteroatoms. The lowest BCUT2D eigenvalue weighted by atomic mass is 9.66. The number of ether oxygens (including phenoxy) is 1. The first-order valence-electron chi connectivity index (χ1n) is 10.2. The number of carbonyl (C=O) groups is 1. The van der Waals surface area contributed by atoms with Crippen LogP contribution >= 0.6 is 0 Å². The highest BCUT2D eigenvalue weighted by Crippen LogP contribution is 2.45. The lowest BCUT2D eigenvalue weighted by molar-refractivity contribution is -0.161.